The third-order valence-electron chi connectivity index (χ3n) is 2.11. The molecule has 0 radical (unpaired) electrons. The lowest BCUT2D eigenvalue weighted by Gasteiger charge is -1.96. The number of fused-ring (bicyclic) bond motifs is 1. The molecule has 0 aromatic heterocycles. The minimum atomic E-state index is -1.25. The number of carbonyl (C=O) groups is 2. The fraction of sp³-hybridized carbons (Fsp3) is 0. The van der Waals surface area contributed by atoms with Crippen molar-refractivity contribution in [3.8, 4) is 0 Å². The average Bonchev–Trinajstić information content (AvgIpc) is 2.57. The van der Waals surface area contributed by atoms with E-state index < -0.39 is 27.9 Å². The van der Waals surface area contributed by atoms with Gasteiger partial charge in [0.15, 0.2) is 6.29 Å². The van der Waals surface area contributed by atoms with E-state index in [9.17, 15) is 24.1 Å². The predicted molar refractivity (Wildman–Crippen MR) is 48.7 cm³/mol. The molecule has 1 amide bonds. The van der Waals surface area contributed by atoms with Crippen molar-refractivity contribution in [1.82, 2.24) is 0 Å². The van der Waals surface area contributed by atoms with E-state index in [1.54, 1.807) is 0 Å². The van der Waals surface area contributed by atoms with Gasteiger partial charge in [-0.2, -0.15) is 4.39 Å². The Balaban J connectivity index is 2.97. The van der Waals surface area contributed by atoms with E-state index in [2.05, 4.69) is 4.99 Å². The Bertz CT molecular complexity index is 650. The van der Waals surface area contributed by atoms with Crippen LogP contribution in [0.15, 0.2) is 11.1 Å². The number of aldehydes is 1. The number of rotatable bonds is 2. The van der Waals surface area contributed by atoms with Crippen LogP contribution in [-0.2, 0) is 4.79 Å². The van der Waals surface area contributed by atoms with Crippen molar-refractivity contribution in [2.45, 2.75) is 0 Å². The van der Waals surface area contributed by atoms with E-state index in [1.807, 2.05) is 0 Å². The van der Waals surface area contributed by atoms with Crippen LogP contribution in [-0.4, -0.2) is 17.1 Å². The molecule has 1 aromatic rings. The normalized spacial score (nSPS) is 12.7. The largest absolute Gasteiger partial charge is 0.307 e. The second kappa shape index (κ2) is 3.30. The van der Waals surface area contributed by atoms with Crippen LogP contribution in [0, 0.1) is 15.9 Å². The Labute approximate surface area is 86.9 Å². The van der Waals surface area contributed by atoms with E-state index in [-0.39, 0.29) is 16.9 Å². The minimum Gasteiger partial charge on any atom is -0.298 e. The van der Waals surface area contributed by atoms with Gasteiger partial charge in [-0.3, -0.25) is 19.7 Å². The first-order valence-electron chi connectivity index (χ1n) is 4.11. The zero-order valence-corrected chi connectivity index (χ0v) is 7.64. The average molecular weight is 222 g/mol. The highest BCUT2D eigenvalue weighted by Gasteiger charge is 2.22. The maximum Gasteiger partial charge on any atom is 0.307 e. The smallest absolute Gasteiger partial charge is 0.298 e. The van der Waals surface area contributed by atoms with E-state index in [4.69, 9.17) is 0 Å². The molecule has 7 heteroatoms. The lowest BCUT2D eigenvalue weighted by molar-refractivity contribution is -0.387. The third kappa shape index (κ3) is 1.29. The van der Waals surface area contributed by atoms with Crippen LogP contribution >= 0.6 is 0 Å². The SMILES string of the molecule is O=Cc1c(F)c([N+](=O)[O-])cc2c1=CC(=O)N=2. The van der Waals surface area contributed by atoms with Crippen LogP contribution in [0.25, 0.3) is 6.08 Å². The van der Waals surface area contributed by atoms with E-state index in [0.717, 1.165) is 12.1 Å². The molecular weight excluding hydrogens is 219 g/mol. The summed E-state index contributed by atoms with van der Waals surface area (Å²) in [5, 5.41) is 10.4. The van der Waals surface area contributed by atoms with Crippen molar-refractivity contribution < 1.29 is 18.9 Å². The first-order valence-corrected chi connectivity index (χ1v) is 4.11. The van der Waals surface area contributed by atoms with Crippen molar-refractivity contribution in [2.75, 3.05) is 0 Å². The number of benzene rings is 1. The summed E-state index contributed by atoms with van der Waals surface area (Å²) in [6.07, 6.45) is 1.09. The Morgan fingerprint density at radius 1 is 1.50 bits per heavy atom. The van der Waals surface area contributed by atoms with Gasteiger partial charge in [0, 0.05) is 17.4 Å². The summed E-state index contributed by atoms with van der Waals surface area (Å²) in [6.45, 7) is 0. The summed E-state index contributed by atoms with van der Waals surface area (Å²) >= 11 is 0. The number of halogens is 1. The molecule has 0 saturated carbocycles. The first-order chi connectivity index (χ1) is 7.54. The van der Waals surface area contributed by atoms with Gasteiger partial charge in [0.2, 0.25) is 5.82 Å². The summed E-state index contributed by atoms with van der Waals surface area (Å²) in [5.41, 5.74) is -1.38. The second-order valence-electron chi connectivity index (χ2n) is 3.03. The molecule has 0 unspecified atom stereocenters. The van der Waals surface area contributed by atoms with Gasteiger partial charge in [0.05, 0.1) is 15.8 Å². The van der Waals surface area contributed by atoms with Crippen molar-refractivity contribution in [1.29, 1.82) is 0 Å². The summed E-state index contributed by atoms with van der Waals surface area (Å²) in [4.78, 5) is 34.5. The van der Waals surface area contributed by atoms with Crippen molar-refractivity contribution >= 4 is 24.0 Å². The molecule has 80 valence electrons. The number of carbonyl (C=O) groups excluding carboxylic acids is 2. The molecule has 6 nitrogen and oxygen atoms in total. The van der Waals surface area contributed by atoms with E-state index >= 15 is 0 Å². The van der Waals surface area contributed by atoms with Gasteiger partial charge in [-0.1, -0.05) is 0 Å². The van der Waals surface area contributed by atoms with Gasteiger partial charge in [-0.15, -0.1) is 0 Å². The molecule has 0 saturated heterocycles. The number of nitro groups is 1. The Morgan fingerprint density at radius 2 is 2.19 bits per heavy atom. The fourth-order valence-electron chi connectivity index (χ4n) is 1.43. The van der Waals surface area contributed by atoms with Crippen molar-refractivity contribution in [2.24, 2.45) is 4.99 Å². The van der Waals surface area contributed by atoms with Crippen LogP contribution in [0.1, 0.15) is 10.4 Å². The molecule has 1 aliphatic rings. The summed E-state index contributed by atoms with van der Waals surface area (Å²) < 4.78 is 13.5. The van der Waals surface area contributed by atoms with Gasteiger partial charge >= 0.3 is 5.69 Å². The minimum absolute atomic E-state index is 0.0110. The van der Waals surface area contributed by atoms with E-state index in [0.29, 0.717) is 0 Å². The summed E-state index contributed by atoms with van der Waals surface area (Å²) in [5.74, 6) is -1.92. The molecule has 0 fully saturated rings. The highest BCUT2D eigenvalue weighted by Crippen LogP contribution is 2.15. The van der Waals surface area contributed by atoms with Crippen LogP contribution in [0.2, 0.25) is 0 Å². The molecule has 0 bridgehead atoms. The van der Waals surface area contributed by atoms with Gasteiger partial charge in [-0.05, 0) is 0 Å². The molecule has 16 heavy (non-hydrogen) atoms. The lowest BCUT2D eigenvalue weighted by atomic mass is 10.1. The number of nitrogens with zero attached hydrogens (tertiary/aromatic N) is 2. The highest BCUT2D eigenvalue weighted by atomic mass is 19.1. The van der Waals surface area contributed by atoms with Crippen molar-refractivity contribution in [3.63, 3.8) is 0 Å². The summed E-state index contributed by atoms with van der Waals surface area (Å²) in [6, 6.07) is 0.832. The topological polar surface area (TPSA) is 89.6 Å². The molecule has 0 atom stereocenters. The molecule has 1 aromatic carbocycles. The summed E-state index contributed by atoms with van der Waals surface area (Å²) in [7, 11) is 0. The zero-order chi connectivity index (χ0) is 11.9. The second-order valence-corrected chi connectivity index (χ2v) is 3.03. The Kier molecular flexibility index (Phi) is 2.08. The highest BCUT2D eigenvalue weighted by molar-refractivity contribution is 6.07. The molecule has 0 spiro atoms. The molecule has 2 rings (SSSR count). The number of nitro benzene ring substituents is 1. The molecule has 0 aliphatic carbocycles. The third-order valence-corrected chi connectivity index (χ3v) is 2.11. The van der Waals surface area contributed by atoms with Crippen LogP contribution < -0.4 is 10.6 Å². The predicted octanol–water partition coefficient (Wildman–Crippen LogP) is -0.513. The maximum absolute atomic E-state index is 13.5. The lowest BCUT2D eigenvalue weighted by Crippen LogP contribution is -2.28. The van der Waals surface area contributed by atoms with Gasteiger partial charge in [0.25, 0.3) is 5.91 Å². The quantitative estimate of drug-likeness (QED) is 0.382. The molecule has 1 heterocycles. The van der Waals surface area contributed by atoms with Crippen LogP contribution in [0.5, 0.6) is 0 Å². The van der Waals surface area contributed by atoms with E-state index in [1.165, 1.54) is 0 Å². The Morgan fingerprint density at radius 3 is 2.75 bits per heavy atom. The molecule has 1 aliphatic heterocycles. The number of amides is 1. The van der Waals surface area contributed by atoms with Gasteiger partial charge < -0.3 is 0 Å². The fourth-order valence-corrected chi connectivity index (χ4v) is 1.43. The van der Waals surface area contributed by atoms with Crippen molar-refractivity contribution in [3.05, 3.63) is 38.1 Å². The zero-order valence-electron chi connectivity index (χ0n) is 7.64. The van der Waals surface area contributed by atoms with Gasteiger partial charge in [-0.25, -0.2) is 4.99 Å². The van der Waals surface area contributed by atoms with Gasteiger partial charge in [0.1, 0.15) is 0 Å². The maximum atomic E-state index is 13.5. The standard InChI is InChI=1S/C9H3FN2O4/c10-9-5(3-13)4-1-8(14)11-6(4)2-7(9)12(15)16/h1-3H. The van der Waals surface area contributed by atoms with Crippen LogP contribution in [0.4, 0.5) is 10.1 Å². The monoisotopic (exact) mass is 222 g/mol. The Hall–Kier alpha value is -2.44. The molecular formula is C9H3FN2O4. The molecule has 0 N–H and O–H groups in total. The number of hydrogen-bond donors (Lipinski definition) is 0. The first kappa shape index (κ1) is 10.1. The number of hydrogen-bond acceptors (Lipinski definition) is 4. The van der Waals surface area contributed by atoms with Crippen LogP contribution in [0.3, 0.4) is 0 Å².